The molecular weight excluding hydrogens is 404 g/mol. The van der Waals surface area contributed by atoms with Gasteiger partial charge in [-0.1, -0.05) is 48.0 Å². The zero-order valence-electron chi connectivity index (χ0n) is 18.5. The molecular formula is C24H28N6O2. The first kappa shape index (κ1) is 21.7. The van der Waals surface area contributed by atoms with Gasteiger partial charge in [-0.3, -0.25) is 14.5 Å². The third-order valence-corrected chi connectivity index (χ3v) is 5.71. The third-order valence-electron chi connectivity index (χ3n) is 5.71. The minimum Gasteiger partial charge on any atom is -0.335 e. The monoisotopic (exact) mass is 432 g/mol. The molecule has 0 radical (unpaired) electrons. The second-order valence-electron chi connectivity index (χ2n) is 8.01. The number of hydrogen-bond donors (Lipinski definition) is 1. The Morgan fingerprint density at radius 2 is 1.72 bits per heavy atom. The van der Waals surface area contributed by atoms with Crippen molar-refractivity contribution in [1.29, 1.82) is 0 Å². The van der Waals surface area contributed by atoms with Gasteiger partial charge in [0.2, 0.25) is 5.91 Å². The number of nitrogens with zero attached hydrogens (tertiary/aromatic N) is 5. The standard InChI is InChI=1S/C24H28N6O2/c1-3-19-6-4-5-7-21(19)25-23(31)17-28-12-14-29(15-13-28)24(32)22-16-30(27-26-22)20-10-8-18(2)9-11-20/h4-11,16H,3,12-15,17H2,1-2H3,(H,25,31). The number of anilines is 1. The predicted octanol–water partition coefficient (Wildman–Crippen LogP) is 2.53. The quantitative estimate of drug-likeness (QED) is 0.647. The predicted molar refractivity (Wildman–Crippen MR) is 123 cm³/mol. The molecule has 8 heteroatoms. The number of aromatic nitrogens is 3. The summed E-state index contributed by atoms with van der Waals surface area (Å²) in [6, 6.07) is 15.7. The van der Waals surface area contributed by atoms with E-state index < -0.39 is 0 Å². The second-order valence-corrected chi connectivity index (χ2v) is 8.01. The summed E-state index contributed by atoms with van der Waals surface area (Å²) in [6.07, 6.45) is 2.53. The number of carbonyl (C=O) groups is 2. The molecule has 166 valence electrons. The van der Waals surface area contributed by atoms with E-state index in [1.54, 1.807) is 15.8 Å². The van der Waals surface area contributed by atoms with E-state index in [0.717, 1.165) is 28.9 Å². The van der Waals surface area contributed by atoms with E-state index in [-0.39, 0.29) is 11.8 Å². The molecule has 1 fully saturated rings. The van der Waals surface area contributed by atoms with Crippen molar-refractivity contribution in [2.45, 2.75) is 20.3 Å². The van der Waals surface area contributed by atoms with Crippen LogP contribution < -0.4 is 5.32 Å². The lowest BCUT2D eigenvalue weighted by Crippen LogP contribution is -2.50. The van der Waals surface area contributed by atoms with Gasteiger partial charge in [-0.05, 0) is 37.1 Å². The number of benzene rings is 2. The van der Waals surface area contributed by atoms with Crippen molar-refractivity contribution in [3.63, 3.8) is 0 Å². The number of piperazine rings is 1. The first-order chi connectivity index (χ1) is 15.5. The highest BCUT2D eigenvalue weighted by Gasteiger charge is 2.25. The summed E-state index contributed by atoms with van der Waals surface area (Å²) in [5.74, 6) is -0.170. The van der Waals surface area contributed by atoms with Crippen LogP contribution in [0.2, 0.25) is 0 Å². The van der Waals surface area contributed by atoms with Crippen molar-refractivity contribution in [3.05, 3.63) is 71.5 Å². The lowest BCUT2D eigenvalue weighted by Gasteiger charge is -2.33. The van der Waals surface area contributed by atoms with Crippen LogP contribution in [0.4, 0.5) is 5.69 Å². The summed E-state index contributed by atoms with van der Waals surface area (Å²) in [6.45, 7) is 6.78. The molecule has 0 spiro atoms. The van der Waals surface area contributed by atoms with Gasteiger partial charge in [0, 0.05) is 31.9 Å². The molecule has 1 aromatic heterocycles. The summed E-state index contributed by atoms with van der Waals surface area (Å²) in [5, 5.41) is 11.2. The van der Waals surface area contributed by atoms with E-state index in [4.69, 9.17) is 0 Å². The van der Waals surface area contributed by atoms with Crippen LogP contribution >= 0.6 is 0 Å². The van der Waals surface area contributed by atoms with Crippen molar-refractivity contribution >= 4 is 17.5 Å². The fourth-order valence-electron chi connectivity index (χ4n) is 3.80. The molecule has 32 heavy (non-hydrogen) atoms. The minimum absolute atomic E-state index is 0.0354. The molecule has 0 atom stereocenters. The Labute approximate surface area is 187 Å². The highest BCUT2D eigenvalue weighted by Crippen LogP contribution is 2.16. The Bertz CT molecular complexity index is 1080. The Morgan fingerprint density at radius 3 is 2.44 bits per heavy atom. The van der Waals surface area contributed by atoms with E-state index >= 15 is 0 Å². The van der Waals surface area contributed by atoms with Gasteiger partial charge in [0.25, 0.3) is 5.91 Å². The van der Waals surface area contributed by atoms with Crippen molar-refractivity contribution in [3.8, 4) is 5.69 Å². The first-order valence-corrected chi connectivity index (χ1v) is 10.9. The second kappa shape index (κ2) is 9.74. The molecule has 0 saturated carbocycles. The summed E-state index contributed by atoms with van der Waals surface area (Å²) in [5.41, 5.74) is 4.34. The lowest BCUT2D eigenvalue weighted by atomic mass is 10.1. The minimum atomic E-state index is -0.135. The smallest absolute Gasteiger partial charge is 0.276 e. The van der Waals surface area contributed by atoms with Gasteiger partial charge >= 0.3 is 0 Å². The fraction of sp³-hybridized carbons (Fsp3) is 0.333. The van der Waals surface area contributed by atoms with Gasteiger partial charge in [0.05, 0.1) is 18.4 Å². The van der Waals surface area contributed by atoms with E-state index in [2.05, 4.69) is 27.5 Å². The van der Waals surface area contributed by atoms with Crippen LogP contribution in [0.5, 0.6) is 0 Å². The molecule has 1 aliphatic heterocycles. The Kier molecular flexibility index (Phi) is 6.61. The fourth-order valence-corrected chi connectivity index (χ4v) is 3.80. The SMILES string of the molecule is CCc1ccccc1NC(=O)CN1CCN(C(=O)c2cn(-c3ccc(C)cc3)nn2)CC1. The molecule has 1 saturated heterocycles. The number of nitrogens with one attached hydrogen (secondary N) is 1. The Hall–Kier alpha value is -3.52. The van der Waals surface area contributed by atoms with Gasteiger partial charge in [-0.2, -0.15) is 0 Å². The number of para-hydroxylation sites is 1. The zero-order valence-corrected chi connectivity index (χ0v) is 18.5. The van der Waals surface area contributed by atoms with Crippen molar-refractivity contribution in [2.24, 2.45) is 0 Å². The van der Waals surface area contributed by atoms with Crippen LogP contribution in [0.3, 0.4) is 0 Å². The molecule has 8 nitrogen and oxygen atoms in total. The maximum atomic E-state index is 12.9. The Balaban J connectivity index is 1.29. The largest absolute Gasteiger partial charge is 0.335 e. The zero-order chi connectivity index (χ0) is 22.5. The lowest BCUT2D eigenvalue weighted by molar-refractivity contribution is -0.117. The van der Waals surface area contributed by atoms with Crippen molar-refractivity contribution in [2.75, 3.05) is 38.0 Å². The van der Waals surface area contributed by atoms with Crippen LogP contribution in [0.25, 0.3) is 5.69 Å². The van der Waals surface area contributed by atoms with Crippen LogP contribution in [-0.4, -0.2) is 69.3 Å². The molecule has 0 aliphatic carbocycles. The summed E-state index contributed by atoms with van der Waals surface area (Å²) < 4.78 is 1.61. The molecule has 3 aromatic rings. The van der Waals surface area contributed by atoms with E-state index in [1.165, 1.54) is 0 Å². The molecule has 2 aromatic carbocycles. The van der Waals surface area contributed by atoms with Crippen LogP contribution in [0, 0.1) is 6.92 Å². The van der Waals surface area contributed by atoms with Crippen molar-refractivity contribution < 1.29 is 9.59 Å². The molecule has 0 bridgehead atoms. The van der Waals surface area contributed by atoms with Crippen LogP contribution in [-0.2, 0) is 11.2 Å². The number of amides is 2. The normalized spacial score (nSPS) is 14.4. The highest BCUT2D eigenvalue weighted by molar-refractivity contribution is 5.93. The molecule has 1 aliphatic rings. The molecule has 2 heterocycles. The third kappa shape index (κ3) is 5.03. The van der Waals surface area contributed by atoms with E-state index in [9.17, 15) is 9.59 Å². The van der Waals surface area contributed by atoms with Gasteiger partial charge in [-0.15, -0.1) is 5.10 Å². The van der Waals surface area contributed by atoms with Gasteiger partial charge in [-0.25, -0.2) is 4.68 Å². The first-order valence-electron chi connectivity index (χ1n) is 10.9. The maximum absolute atomic E-state index is 12.9. The van der Waals surface area contributed by atoms with Crippen LogP contribution in [0.15, 0.2) is 54.7 Å². The number of hydrogen-bond acceptors (Lipinski definition) is 5. The van der Waals surface area contributed by atoms with E-state index in [1.807, 2.05) is 55.5 Å². The van der Waals surface area contributed by atoms with E-state index in [0.29, 0.717) is 38.4 Å². The molecule has 1 N–H and O–H groups in total. The van der Waals surface area contributed by atoms with Gasteiger partial charge < -0.3 is 10.2 Å². The molecule has 4 rings (SSSR count). The maximum Gasteiger partial charge on any atom is 0.276 e. The van der Waals surface area contributed by atoms with Gasteiger partial charge in [0.1, 0.15) is 0 Å². The van der Waals surface area contributed by atoms with Gasteiger partial charge in [0.15, 0.2) is 5.69 Å². The molecule has 0 unspecified atom stereocenters. The number of rotatable bonds is 6. The van der Waals surface area contributed by atoms with Crippen molar-refractivity contribution in [1.82, 2.24) is 24.8 Å². The average Bonchev–Trinajstić information content (AvgIpc) is 3.30. The Morgan fingerprint density at radius 1 is 1.00 bits per heavy atom. The highest BCUT2D eigenvalue weighted by atomic mass is 16.2. The number of aryl methyl sites for hydroxylation is 2. The molecule has 2 amide bonds. The summed E-state index contributed by atoms with van der Waals surface area (Å²) >= 11 is 0. The van der Waals surface area contributed by atoms with Crippen LogP contribution in [0.1, 0.15) is 28.5 Å². The summed E-state index contributed by atoms with van der Waals surface area (Å²) in [7, 11) is 0. The topological polar surface area (TPSA) is 83.4 Å². The average molecular weight is 433 g/mol. The number of carbonyl (C=O) groups excluding carboxylic acids is 2. The summed E-state index contributed by atoms with van der Waals surface area (Å²) in [4.78, 5) is 29.2.